The zero-order valence-electron chi connectivity index (χ0n) is 13.9. The van der Waals surface area contributed by atoms with Crippen molar-refractivity contribution in [2.45, 2.75) is 38.3 Å². The molecule has 24 heavy (non-hydrogen) atoms. The van der Waals surface area contributed by atoms with E-state index in [-0.39, 0.29) is 17.4 Å². The molecule has 2 fully saturated rings. The first-order valence-electron chi connectivity index (χ1n) is 8.46. The van der Waals surface area contributed by atoms with Gasteiger partial charge in [-0.15, -0.1) is 0 Å². The number of hydrogen-bond donors (Lipinski definition) is 1. The van der Waals surface area contributed by atoms with Crippen LogP contribution in [0, 0.1) is 11.7 Å². The van der Waals surface area contributed by atoms with Gasteiger partial charge in [0.2, 0.25) is 5.91 Å². The van der Waals surface area contributed by atoms with Gasteiger partial charge in [0.25, 0.3) is 0 Å². The topological polar surface area (TPSA) is 58.6 Å². The van der Waals surface area contributed by atoms with Gasteiger partial charge < -0.3 is 10.1 Å². The number of nitrogens with zero attached hydrogens (tertiary/aromatic N) is 1. The van der Waals surface area contributed by atoms with Crippen molar-refractivity contribution in [2.24, 2.45) is 5.92 Å². The summed E-state index contributed by atoms with van der Waals surface area (Å²) < 4.78 is 18.2. The molecule has 1 aromatic rings. The van der Waals surface area contributed by atoms with Gasteiger partial charge in [0.05, 0.1) is 18.6 Å². The van der Waals surface area contributed by atoms with Crippen LogP contribution in [-0.2, 0) is 16.1 Å². The van der Waals surface area contributed by atoms with Gasteiger partial charge in [-0.2, -0.15) is 0 Å². The number of likely N-dealkylation sites (tertiary alicyclic amines) is 1. The molecule has 0 unspecified atom stereocenters. The van der Waals surface area contributed by atoms with E-state index in [0.717, 1.165) is 37.8 Å². The molecule has 1 aromatic carbocycles. The summed E-state index contributed by atoms with van der Waals surface area (Å²) in [6.07, 6.45) is 4.00. The van der Waals surface area contributed by atoms with Crippen LogP contribution in [0.2, 0.25) is 0 Å². The van der Waals surface area contributed by atoms with Gasteiger partial charge in [0, 0.05) is 19.1 Å². The Labute approximate surface area is 141 Å². The van der Waals surface area contributed by atoms with E-state index in [9.17, 15) is 14.0 Å². The van der Waals surface area contributed by atoms with Gasteiger partial charge in [0.1, 0.15) is 5.82 Å². The second-order valence-corrected chi connectivity index (χ2v) is 6.65. The second kappa shape index (κ2) is 7.30. The Balaban J connectivity index is 1.66. The van der Waals surface area contributed by atoms with Crippen molar-refractivity contribution in [3.05, 3.63) is 35.1 Å². The Bertz CT molecular complexity index is 631. The number of hydrogen-bond acceptors (Lipinski definition) is 4. The number of carbonyl (C=O) groups is 2. The third-order valence-corrected chi connectivity index (χ3v) is 4.67. The molecular weight excluding hydrogens is 311 g/mol. The van der Waals surface area contributed by atoms with Crippen LogP contribution in [-0.4, -0.2) is 43.0 Å². The van der Waals surface area contributed by atoms with Crippen molar-refractivity contribution >= 4 is 11.9 Å². The Morgan fingerprint density at radius 2 is 2.12 bits per heavy atom. The highest BCUT2D eigenvalue weighted by Crippen LogP contribution is 2.24. The zero-order valence-corrected chi connectivity index (χ0v) is 13.9. The van der Waals surface area contributed by atoms with Crippen molar-refractivity contribution < 1.29 is 18.7 Å². The average Bonchev–Trinajstić information content (AvgIpc) is 3.40. The number of rotatable bonds is 5. The van der Waals surface area contributed by atoms with E-state index < -0.39 is 11.8 Å². The first-order chi connectivity index (χ1) is 11.6. The SMILES string of the molecule is COC(=O)c1cc(F)ccc1CN1CCC[C@H](C(=O)NC2CC2)C1. The maximum Gasteiger partial charge on any atom is 0.338 e. The summed E-state index contributed by atoms with van der Waals surface area (Å²) >= 11 is 0. The molecule has 0 radical (unpaired) electrons. The van der Waals surface area contributed by atoms with Crippen LogP contribution in [0.15, 0.2) is 18.2 Å². The molecular formula is C18H23FN2O3. The van der Waals surface area contributed by atoms with E-state index >= 15 is 0 Å². The van der Waals surface area contributed by atoms with Crippen molar-refractivity contribution in [1.82, 2.24) is 10.2 Å². The highest BCUT2D eigenvalue weighted by atomic mass is 19.1. The minimum Gasteiger partial charge on any atom is -0.465 e. The van der Waals surface area contributed by atoms with Crippen LogP contribution in [0.25, 0.3) is 0 Å². The lowest BCUT2D eigenvalue weighted by Gasteiger charge is -2.32. The van der Waals surface area contributed by atoms with Crippen LogP contribution in [0.3, 0.4) is 0 Å². The predicted molar refractivity (Wildman–Crippen MR) is 86.9 cm³/mol. The molecule has 5 nitrogen and oxygen atoms in total. The van der Waals surface area contributed by atoms with Gasteiger partial charge in [-0.3, -0.25) is 9.69 Å². The molecule has 1 aliphatic carbocycles. The molecule has 1 heterocycles. The van der Waals surface area contributed by atoms with E-state index in [0.29, 0.717) is 19.1 Å². The average molecular weight is 334 g/mol. The normalized spacial score (nSPS) is 21.3. The number of piperidine rings is 1. The summed E-state index contributed by atoms with van der Waals surface area (Å²) in [6, 6.07) is 4.55. The molecule has 2 aliphatic rings. The molecule has 1 aliphatic heterocycles. The lowest BCUT2D eigenvalue weighted by molar-refractivity contribution is -0.126. The smallest absolute Gasteiger partial charge is 0.338 e. The van der Waals surface area contributed by atoms with E-state index in [1.807, 2.05) is 0 Å². The summed E-state index contributed by atoms with van der Waals surface area (Å²) in [4.78, 5) is 26.3. The molecule has 1 amide bonds. The van der Waals surface area contributed by atoms with E-state index in [2.05, 4.69) is 10.2 Å². The fourth-order valence-corrected chi connectivity index (χ4v) is 3.19. The quantitative estimate of drug-likeness (QED) is 0.838. The van der Waals surface area contributed by atoms with Gasteiger partial charge in [-0.05, 0) is 49.9 Å². The number of ether oxygens (including phenoxy) is 1. The third-order valence-electron chi connectivity index (χ3n) is 4.67. The maximum atomic E-state index is 13.4. The molecule has 130 valence electrons. The fraction of sp³-hybridized carbons (Fsp3) is 0.556. The minimum absolute atomic E-state index is 0.0126. The number of esters is 1. The highest BCUT2D eigenvalue weighted by Gasteiger charge is 2.30. The molecule has 1 saturated carbocycles. The number of amides is 1. The number of halogens is 1. The summed E-state index contributed by atoms with van der Waals surface area (Å²) in [5, 5.41) is 3.06. The summed E-state index contributed by atoms with van der Waals surface area (Å²) in [5.74, 6) is -0.875. The first kappa shape index (κ1) is 16.9. The molecule has 1 atom stereocenters. The molecule has 1 saturated heterocycles. The monoisotopic (exact) mass is 334 g/mol. The van der Waals surface area contributed by atoms with Crippen LogP contribution in [0.5, 0.6) is 0 Å². The first-order valence-corrected chi connectivity index (χ1v) is 8.46. The molecule has 0 aromatic heterocycles. The van der Waals surface area contributed by atoms with Gasteiger partial charge in [-0.25, -0.2) is 9.18 Å². The van der Waals surface area contributed by atoms with Gasteiger partial charge >= 0.3 is 5.97 Å². The number of benzene rings is 1. The fourth-order valence-electron chi connectivity index (χ4n) is 3.19. The van der Waals surface area contributed by atoms with E-state index in [4.69, 9.17) is 4.74 Å². The molecule has 0 bridgehead atoms. The van der Waals surface area contributed by atoms with Crippen molar-refractivity contribution in [3.8, 4) is 0 Å². The summed E-state index contributed by atoms with van der Waals surface area (Å²) in [5.41, 5.74) is 0.980. The lowest BCUT2D eigenvalue weighted by Crippen LogP contribution is -2.43. The zero-order chi connectivity index (χ0) is 17.1. The Morgan fingerprint density at radius 1 is 1.33 bits per heavy atom. The molecule has 0 spiro atoms. The van der Waals surface area contributed by atoms with Crippen molar-refractivity contribution in [1.29, 1.82) is 0 Å². The predicted octanol–water partition coefficient (Wildman–Crippen LogP) is 2.10. The Hall–Kier alpha value is -1.95. The van der Waals surface area contributed by atoms with Crippen LogP contribution < -0.4 is 5.32 Å². The lowest BCUT2D eigenvalue weighted by atomic mass is 9.96. The van der Waals surface area contributed by atoms with Crippen molar-refractivity contribution in [3.63, 3.8) is 0 Å². The Kier molecular flexibility index (Phi) is 5.14. The summed E-state index contributed by atoms with van der Waals surface area (Å²) in [6.45, 7) is 2.04. The standard InChI is InChI=1S/C18H23FN2O3/c1-24-18(23)16-9-14(19)5-4-12(16)10-21-8-2-3-13(11-21)17(22)20-15-6-7-15/h4-5,9,13,15H,2-3,6-8,10-11H2,1H3,(H,20,22)/t13-/m0/s1. The number of nitrogens with one attached hydrogen (secondary N) is 1. The van der Waals surface area contributed by atoms with E-state index in [1.54, 1.807) is 6.07 Å². The maximum absolute atomic E-state index is 13.4. The van der Waals surface area contributed by atoms with Crippen LogP contribution >= 0.6 is 0 Å². The largest absolute Gasteiger partial charge is 0.465 e. The molecule has 6 heteroatoms. The number of methoxy groups -OCH3 is 1. The van der Waals surface area contributed by atoms with Crippen LogP contribution in [0.1, 0.15) is 41.6 Å². The highest BCUT2D eigenvalue weighted by molar-refractivity contribution is 5.91. The van der Waals surface area contributed by atoms with Crippen LogP contribution in [0.4, 0.5) is 4.39 Å². The van der Waals surface area contributed by atoms with E-state index in [1.165, 1.54) is 19.2 Å². The Morgan fingerprint density at radius 3 is 2.83 bits per heavy atom. The summed E-state index contributed by atoms with van der Waals surface area (Å²) in [7, 11) is 1.29. The van der Waals surface area contributed by atoms with Gasteiger partial charge in [-0.1, -0.05) is 6.07 Å². The molecule has 1 N–H and O–H groups in total. The van der Waals surface area contributed by atoms with Gasteiger partial charge in [0.15, 0.2) is 0 Å². The number of carbonyl (C=O) groups excluding carboxylic acids is 2. The third kappa shape index (κ3) is 4.12. The second-order valence-electron chi connectivity index (χ2n) is 6.65. The van der Waals surface area contributed by atoms with Crippen molar-refractivity contribution in [2.75, 3.05) is 20.2 Å². The molecule has 3 rings (SSSR count). The minimum atomic E-state index is -0.537.